The van der Waals surface area contributed by atoms with Crippen molar-refractivity contribution in [2.75, 3.05) is 0 Å². The molecule has 2 N–H and O–H groups in total. The number of nitrogens with one attached hydrogen (secondary N) is 2. The number of aromatic amines is 2. The molecule has 0 radical (unpaired) electrons. The van der Waals surface area contributed by atoms with Gasteiger partial charge in [-0.15, -0.1) is 11.3 Å². The molecular weight excluding hydrogens is 374 g/mol. The molecule has 0 aliphatic carbocycles. The van der Waals surface area contributed by atoms with Crippen LogP contribution in [0.15, 0.2) is 57.4 Å². The van der Waals surface area contributed by atoms with Gasteiger partial charge in [-0.1, -0.05) is 24.3 Å². The fourth-order valence-corrected chi connectivity index (χ4v) is 4.20. The molecule has 0 atom stereocenters. The Morgan fingerprint density at radius 2 is 1.93 bits per heavy atom. The van der Waals surface area contributed by atoms with Crippen molar-refractivity contribution >= 4 is 27.8 Å². The van der Waals surface area contributed by atoms with E-state index in [2.05, 4.69) is 15.3 Å². The van der Waals surface area contributed by atoms with Crippen LogP contribution in [0.5, 0.6) is 0 Å². The summed E-state index contributed by atoms with van der Waals surface area (Å²) in [6.07, 6.45) is 0.349. The smallest absolute Gasteiger partial charge is 0.272 e. The summed E-state index contributed by atoms with van der Waals surface area (Å²) in [5, 5.41) is 13.2. The Balaban J connectivity index is 1.65. The van der Waals surface area contributed by atoms with Crippen molar-refractivity contribution in [3.05, 3.63) is 85.5 Å². The van der Waals surface area contributed by atoms with Crippen LogP contribution >= 0.6 is 11.3 Å². The van der Waals surface area contributed by atoms with Crippen LogP contribution < -0.4 is 11.1 Å². The zero-order valence-corrected chi connectivity index (χ0v) is 15.7. The second kappa shape index (κ2) is 6.28. The molecule has 4 aromatic heterocycles. The highest BCUT2D eigenvalue weighted by Gasteiger charge is 2.15. The van der Waals surface area contributed by atoms with Crippen LogP contribution in [0.3, 0.4) is 0 Å². The van der Waals surface area contributed by atoms with Gasteiger partial charge in [0.1, 0.15) is 0 Å². The van der Waals surface area contributed by atoms with Gasteiger partial charge in [-0.3, -0.25) is 14.7 Å². The number of aryl methyl sites for hydroxylation is 1. The van der Waals surface area contributed by atoms with Gasteiger partial charge in [-0.2, -0.15) is 5.10 Å². The molecule has 5 rings (SSSR count). The van der Waals surface area contributed by atoms with E-state index in [9.17, 15) is 9.59 Å². The first-order valence-corrected chi connectivity index (χ1v) is 9.61. The van der Waals surface area contributed by atoms with Crippen LogP contribution in [-0.4, -0.2) is 24.8 Å². The van der Waals surface area contributed by atoms with Gasteiger partial charge in [-0.25, -0.2) is 14.6 Å². The highest BCUT2D eigenvalue weighted by atomic mass is 32.1. The third-order valence-corrected chi connectivity index (χ3v) is 5.68. The molecule has 8 heteroatoms. The lowest BCUT2D eigenvalue weighted by molar-refractivity contribution is 0.869. The second-order valence-electron chi connectivity index (χ2n) is 6.56. The van der Waals surface area contributed by atoms with Gasteiger partial charge in [0.15, 0.2) is 5.65 Å². The fourth-order valence-electron chi connectivity index (χ4n) is 3.43. The van der Waals surface area contributed by atoms with Crippen LogP contribution in [0.2, 0.25) is 0 Å². The van der Waals surface area contributed by atoms with Gasteiger partial charge in [0.25, 0.3) is 11.1 Å². The van der Waals surface area contributed by atoms with Crippen LogP contribution in [0.1, 0.15) is 17.0 Å². The predicted molar refractivity (Wildman–Crippen MR) is 109 cm³/mol. The van der Waals surface area contributed by atoms with E-state index in [1.54, 1.807) is 17.4 Å². The number of aromatic nitrogens is 5. The quantitative estimate of drug-likeness (QED) is 0.496. The lowest BCUT2D eigenvalue weighted by Gasteiger charge is -2.05. The van der Waals surface area contributed by atoms with Gasteiger partial charge < -0.3 is 0 Å². The molecule has 1 aromatic carbocycles. The maximum atomic E-state index is 12.7. The van der Waals surface area contributed by atoms with Crippen LogP contribution in [0.25, 0.3) is 27.0 Å². The predicted octanol–water partition coefficient (Wildman–Crippen LogP) is 2.89. The third-order valence-electron chi connectivity index (χ3n) is 4.80. The standard InChI is InChI=1S/C20H15N5O2S/c1-11-18(16-7-4-8-28-16)24-25-17(26)10-12(21-19(11)25)9-15-13-5-2-3-6-14(13)20(27)23-22-15/h2-8,10,24H,9H2,1H3,(H,23,27). The molecule has 0 fully saturated rings. The summed E-state index contributed by atoms with van der Waals surface area (Å²) in [6.45, 7) is 1.95. The van der Waals surface area contributed by atoms with E-state index in [-0.39, 0.29) is 11.1 Å². The van der Waals surface area contributed by atoms with Crippen molar-refractivity contribution in [3.63, 3.8) is 0 Å². The molecule has 0 aliphatic heterocycles. The van der Waals surface area contributed by atoms with Crippen LogP contribution in [-0.2, 0) is 6.42 Å². The first-order chi connectivity index (χ1) is 13.6. The third kappa shape index (κ3) is 2.57. The SMILES string of the molecule is Cc1c(-c2cccs2)[nH]n2c(=O)cc(Cc3n[nH]c(=O)c4ccccc34)nc12. The number of benzene rings is 1. The average molecular weight is 389 g/mol. The van der Waals surface area contributed by atoms with Gasteiger partial charge >= 0.3 is 0 Å². The van der Waals surface area contributed by atoms with Gasteiger partial charge in [0.2, 0.25) is 0 Å². The summed E-state index contributed by atoms with van der Waals surface area (Å²) in [5.74, 6) is 0. The molecule has 7 nitrogen and oxygen atoms in total. The molecule has 0 amide bonds. The van der Waals surface area contributed by atoms with Crippen molar-refractivity contribution in [2.24, 2.45) is 0 Å². The minimum atomic E-state index is -0.232. The topological polar surface area (TPSA) is 95.9 Å². The van der Waals surface area contributed by atoms with Crippen LogP contribution in [0, 0.1) is 6.92 Å². The number of H-pyrrole nitrogens is 2. The number of hydrogen-bond donors (Lipinski definition) is 2. The minimum Gasteiger partial charge on any atom is -0.288 e. The van der Waals surface area contributed by atoms with E-state index < -0.39 is 0 Å². The Bertz CT molecular complexity index is 1440. The summed E-state index contributed by atoms with van der Waals surface area (Å²) < 4.78 is 1.46. The minimum absolute atomic E-state index is 0.181. The van der Waals surface area contributed by atoms with E-state index >= 15 is 0 Å². The molecule has 0 aliphatic rings. The van der Waals surface area contributed by atoms with Crippen LogP contribution in [0.4, 0.5) is 0 Å². The maximum Gasteiger partial charge on any atom is 0.272 e. The van der Waals surface area contributed by atoms with Crippen molar-refractivity contribution in [1.82, 2.24) is 24.8 Å². The summed E-state index contributed by atoms with van der Waals surface area (Å²) in [5.41, 5.74) is 3.28. The molecule has 0 saturated heterocycles. The fraction of sp³-hybridized carbons (Fsp3) is 0.100. The first kappa shape index (κ1) is 16.6. The molecule has 4 heterocycles. The number of thiophene rings is 1. The molecule has 0 bridgehead atoms. The highest BCUT2D eigenvalue weighted by Crippen LogP contribution is 2.28. The number of fused-ring (bicyclic) bond motifs is 2. The lowest BCUT2D eigenvalue weighted by Crippen LogP contribution is -2.17. The van der Waals surface area contributed by atoms with E-state index in [4.69, 9.17) is 4.98 Å². The van der Waals surface area contributed by atoms with Crippen molar-refractivity contribution in [3.8, 4) is 10.6 Å². The first-order valence-electron chi connectivity index (χ1n) is 8.73. The number of rotatable bonds is 3. The van der Waals surface area contributed by atoms with Gasteiger partial charge in [0.05, 0.1) is 27.3 Å². The molecule has 5 aromatic rings. The normalized spacial score (nSPS) is 11.5. The van der Waals surface area contributed by atoms with Crippen molar-refractivity contribution in [2.45, 2.75) is 13.3 Å². The second-order valence-corrected chi connectivity index (χ2v) is 7.50. The maximum absolute atomic E-state index is 12.7. The van der Waals surface area contributed by atoms with E-state index in [0.29, 0.717) is 28.8 Å². The molecule has 28 heavy (non-hydrogen) atoms. The van der Waals surface area contributed by atoms with Gasteiger partial charge in [0, 0.05) is 23.4 Å². The van der Waals surface area contributed by atoms with E-state index in [1.807, 2.05) is 42.6 Å². The number of nitrogens with zero attached hydrogens (tertiary/aromatic N) is 3. The zero-order chi connectivity index (χ0) is 19.3. The largest absolute Gasteiger partial charge is 0.288 e. The monoisotopic (exact) mass is 389 g/mol. The van der Waals surface area contributed by atoms with Gasteiger partial charge in [-0.05, 0) is 24.4 Å². The zero-order valence-electron chi connectivity index (χ0n) is 14.9. The molecule has 0 spiro atoms. The number of hydrogen-bond acceptors (Lipinski definition) is 5. The Kier molecular flexibility index (Phi) is 3.73. The summed E-state index contributed by atoms with van der Waals surface area (Å²) in [7, 11) is 0. The average Bonchev–Trinajstić information content (AvgIpc) is 3.33. The summed E-state index contributed by atoms with van der Waals surface area (Å²) in [6, 6.07) is 12.8. The van der Waals surface area contributed by atoms with E-state index in [0.717, 1.165) is 21.5 Å². The van der Waals surface area contributed by atoms with Crippen molar-refractivity contribution < 1.29 is 0 Å². The Morgan fingerprint density at radius 3 is 2.71 bits per heavy atom. The Hall–Kier alpha value is -3.52. The summed E-state index contributed by atoms with van der Waals surface area (Å²) >= 11 is 1.60. The molecule has 138 valence electrons. The summed E-state index contributed by atoms with van der Waals surface area (Å²) in [4.78, 5) is 30.4. The molecular formula is C20H15N5O2S. The van der Waals surface area contributed by atoms with Crippen molar-refractivity contribution in [1.29, 1.82) is 0 Å². The highest BCUT2D eigenvalue weighted by molar-refractivity contribution is 7.13. The molecule has 0 saturated carbocycles. The molecule has 0 unspecified atom stereocenters. The Labute approximate surface area is 162 Å². The lowest BCUT2D eigenvalue weighted by atomic mass is 10.1. The Morgan fingerprint density at radius 1 is 1.11 bits per heavy atom. The van der Waals surface area contributed by atoms with E-state index in [1.165, 1.54) is 10.6 Å².